The van der Waals surface area contributed by atoms with Gasteiger partial charge in [0, 0.05) is 6.54 Å². The Labute approximate surface area is 112 Å². The number of carbonyl (C=O) groups is 1. The Bertz CT molecular complexity index is 413. The van der Waals surface area contributed by atoms with Crippen LogP contribution in [0.2, 0.25) is 0 Å². The largest absolute Gasteiger partial charge is 0.462 e. The van der Waals surface area contributed by atoms with Crippen LogP contribution >= 0.6 is 11.3 Å². The van der Waals surface area contributed by atoms with Gasteiger partial charge in [-0.3, -0.25) is 0 Å². The summed E-state index contributed by atoms with van der Waals surface area (Å²) in [6, 6.07) is 0. The molecule has 1 aliphatic rings. The third-order valence-corrected chi connectivity index (χ3v) is 4.02. The summed E-state index contributed by atoms with van der Waals surface area (Å²) in [5, 5.41) is 4.38. The minimum atomic E-state index is -0.236. The Kier molecular flexibility index (Phi) is 4.72. The van der Waals surface area contributed by atoms with Crippen molar-refractivity contribution in [3.05, 3.63) is 15.6 Å². The molecule has 0 saturated heterocycles. The van der Waals surface area contributed by atoms with Crippen LogP contribution in [0.15, 0.2) is 0 Å². The van der Waals surface area contributed by atoms with Crippen LogP contribution in [0.3, 0.4) is 0 Å². The third kappa shape index (κ3) is 3.53. The molecule has 100 valence electrons. The standard InChI is InChI=1S/C13H20N2O2S/c1-3-10-12(13(16)17-4-2)18-11(15-10)8-14-7-9-5-6-9/h9,14H,3-8H2,1-2H3. The smallest absolute Gasteiger partial charge is 0.350 e. The molecule has 0 amide bonds. The van der Waals surface area contributed by atoms with Gasteiger partial charge in [0.1, 0.15) is 9.88 Å². The van der Waals surface area contributed by atoms with E-state index < -0.39 is 0 Å². The highest BCUT2D eigenvalue weighted by Crippen LogP contribution is 2.28. The van der Waals surface area contributed by atoms with Gasteiger partial charge in [0.2, 0.25) is 0 Å². The van der Waals surface area contributed by atoms with Crippen molar-refractivity contribution >= 4 is 17.3 Å². The maximum absolute atomic E-state index is 11.8. The van der Waals surface area contributed by atoms with Crippen molar-refractivity contribution in [2.45, 2.75) is 39.7 Å². The van der Waals surface area contributed by atoms with Gasteiger partial charge in [-0.25, -0.2) is 9.78 Å². The van der Waals surface area contributed by atoms with E-state index in [-0.39, 0.29) is 5.97 Å². The summed E-state index contributed by atoms with van der Waals surface area (Å²) in [6.07, 6.45) is 3.46. The fourth-order valence-corrected chi connectivity index (χ4v) is 2.79. The van der Waals surface area contributed by atoms with Gasteiger partial charge in [-0.2, -0.15) is 0 Å². The molecule has 1 fully saturated rings. The van der Waals surface area contributed by atoms with Crippen LogP contribution in [0.4, 0.5) is 0 Å². The van der Waals surface area contributed by atoms with E-state index in [9.17, 15) is 4.79 Å². The molecule has 1 heterocycles. The van der Waals surface area contributed by atoms with Crippen LogP contribution in [0, 0.1) is 5.92 Å². The molecule has 4 nitrogen and oxygen atoms in total. The lowest BCUT2D eigenvalue weighted by Gasteiger charge is -1.99. The molecular weight excluding hydrogens is 248 g/mol. The molecule has 0 atom stereocenters. The second-order valence-corrected chi connectivity index (χ2v) is 5.62. The zero-order valence-electron chi connectivity index (χ0n) is 11.0. The number of aryl methyl sites for hydroxylation is 1. The quantitative estimate of drug-likeness (QED) is 0.771. The van der Waals surface area contributed by atoms with Crippen molar-refractivity contribution in [2.75, 3.05) is 13.2 Å². The summed E-state index contributed by atoms with van der Waals surface area (Å²) < 4.78 is 5.05. The normalized spacial score (nSPS) is 14.8. The van der Waals surface area contributed by atoms with Crippen LogP contribution in [0.25, 0.3) is 0 Å². The number of hydrogen-bond donors (Lipinski definition) is 1. The number of rotatable bonds is 7. The average molecular weight is 268 g/mol. The first kappa shape index (κ1) is 13.5. The van der Waals surface area contributed by atoms with Gasteiger partial charge >= 0.3 is 5.97 Å². The molecule has 1 saturated carbocycles. The maximum atomic E-state index is 11.8. The molecule has 1 aliphatic carbocycles. The zero-order chi connectivity index (χ0) is 13.0. The predicted molar refractivity (Wildman–Crippen MR) is 71.9 cm³/mol. The van der Waals surface area contributed by atoms with Crippen LogP contribution in [-0.2, 0) is 17.7 Å². The van der Waals surface area contributed by atoms with Crippen molar-refractivity contribution in [1.82, 2.24) is 10.3 Å². The monoisotopic (exact) mass is 268 g/mol. The molecule has 18 heavy (non-hydrogen) atoms. The highest BCUT2D eigenvalue weighted by atomic mass is 32.1. The number of esters is 1. The Balaban J connectivity index is 1.95. The number of nitrogens with one attached hydrogen (secondary N) is 1. The molecule has 1 N–H and O–H groups in total. The Morgan fingerprint density at radius 1 is 1.50 bits per heavy atom. The summed E-state index contributed by atoms with van der Waals surface area (Å²) >= 11 is 1.46. The summed E-state index contributed by atoms with van der Waals surface area (Å²) in [4.78, 5) is 16.9. The van der Waals surface area contributed by atoms with E-state index in [0.717, 1.165) is 36.1 Å². The van der Waals surface area contributed by atoms with Gasteiger partial charge in [-0.1, -0.05) is 6.92 Å². The second-order valence-electron chi connectivity index (χ2n) is 4.53. The number of nitrogens with zero attached hydrogens (tertiary/aromatic N) is 1. The van der Waals surface area contributed by atoms with Crippen molar-refractivity contribution in [3.8, 4) is 0 Å². The molecule has 0 spiro atoms. The van der Waals surface area contributed by atoms with E-state index in [0.29, 0.717) is 11.5 Å². The van der Waals surface area contributed by atoms with E-state index >= 15 is 0 Å². The first-order valence-corrected chi connectivity index (χ1v) is 7.42. The zero-order valence-corrected chi connectivity index (χ0v) is 11.8. The molecule has 0 unspecified atom stereocenters. The summed E-state index contributed by atoms with van der Waals surface area (Å²) in [6.45, 7) is 6.07. The number of ether oxygens (including phenoxy) is 1. The number of aromatic nitrogens is 1. The van der Waals surface area contributed by atoms with E-state index in [1.54, 1.807) is 0 Å². The average Bonchev–Trinajstić information content (AvgIpc) is 3.08. The van der Waals surface area contributed by atoms with E-state index in [2.05, 4.69) is 10.3 Å². The minimum absolute atomic E-state index is 0.236. The molecule has 2 rings (SSSR count). The van der Waals surface area contributed by atoms with Crippen molar-refractivity contribution < 1.29 is 9.53 Å². The van der Waals surface area contributed by atoms with Crippen molar-refractivity contribution in [1.29, 1.82) is 0 Å². The van der Waals surface area contributed by atoms with Gasteiger partial charge < -0.3 is 10.1 Å². The Morgan fingerprint density at radius 2 is 2.28 bits per heavy atom. The number of carbonyl (C=O) groups excluding carboxylic acids is 1. The van der Waals surface area contributed by atoms with Crippen molar-refractivity contribution in [3.63, 3.8) is 0 Å². The van der Waals surface area contributed by atoms with E-state index in [1.165, 1.54) is 24.2 Å². The van der Waals surface area contributed by atoms with Gasteiger partial charge in [-0.15, -0.1) is 11.3 Å². The van der Waals surface area contributed by atoms with Gasteiger partial charge in [0.15, 0.2) is 0 Å². The Morgan fingerprint density at radius 3 is 2.89 bits per heavy atom. The summed E-state index contributed by atoms with van der Waals surface area (Å²) in [5.74, 6) is 0.625. The third-order valence-electron chi connectivity index (χ3n) is 2.94. The maximum Gasteiger partial charge on any atom is 0.350 e. The van der Waals surface area contributed by atoms with E-state index in [1.807, 2.05) is 13.8 Å². The molecule has 0 aromatic carbocycles. The summed E-state index contributed by atoms with van der Waals surface area (Å²) in [5.41, 5.74) is 0.863. The first-order valence-electron chi connectivity index (χ1n) is 6.61. The molecule has 1 aromatic heterocycles. The number of hydrogen-bond acceptors (Lipinski definition) is 5. The predicted octanol–water partition coefficient (Wildman–Crippen LogP) is 2.38. The number of thiazole rings is 1. The van der Waals surface area contributed by atoms with Crippen LogP contribution in [0.1, 0.15) is 47.1 Å². The minimum Gasteiger partial charge on any atom is -0.462 e. The lowest BCUT2D eigenvalue weighted by Crippen LogP contribution is -2.15. The first-order chi connectivity index (χ1) is 8.74. The molecule has 1 aromatic rings. The fraction of sp³-hybridized carbons (Fsp3) is 0.692. The lowest BCUT2D eigenvalue weighted by molar-refractivity contribution is 0.0530. The second kappa shape index (κ2) is 6.29. The molecule has 0 radical (unpaired) electrons. The summed E-state index contributed by atoms with van der Waals surface area (Å²) in [7, 11) is 0. The van der Waals surface area contributed by atoms with Crippen LogP contribution in [-0.4, -0.2) is 24.1 Å². The lowest BCUT2D eigenvalue weighted by atomic mass is 10.3. The van der Waals surface area contributed by atoms with Crippen LogP contribution in [0.5, 0.6) is 0 Å². The molecular formula is C13H20N2O2S. The van der Waals surface area contributed by atoms with Crippen molar-refractivity contribution in [2.24, 2.45) is 5.92 Å². The topological polar surface area (TPSA) is 51.2 Å². The van der Waals surface area contributed by atoms with Gasteiger partial charge in [0.25, 0.3) is 0 Å². The highest BCUT2D eigenvalue weighted by molar-refractivity contribution is 7.13. The Hall–Kier alpha value is -0.940. The molecule has 0 bridgehead atoms. The fourth-order valence-electron chi connectivity index (χ4n) is 1.78. The SMILES string of the molecule is CCOC(=O)c1sc(CNCC2CC2)nc1CC. The van der Waals surface area contributed by atoms with Crippen LogP contribution < -0.4 is 5.32 Å². The highest BCUT2D eigenvalue weighted by Gasteiger charge is 2.21. The van der Waals surface area contributed by atoms with Gasteiger partial charge in [0.05, 0.1) is 12.3 Å². The van der Waals surface area contributed by atoms with E-state index in [4.69, 9.17) is 4.74 Å². The molecule has 5 heteroatoms. The van der Waals surface area contributed by atoms with Gasteiger partial charge in [-0.05, 0) is 38.6 Å². The molecule has 0 aliphatic heterocycles.